The number of aromatic nitrogens is 2. The van der Waals surface area contributed by atoms with Crippen molar-refractivity contribution in [3.05, 3.63) is 71.4 Å². The van der Waals surface area contributed by atoms with Crippen molar-refractivity contribution in [1.29, 1.82) is 0 Å². The van der Waals surface area contributed by atoms with Crippen molar-refractivity contribution < 1.29 is 9.18 Å². The molecular formula is C17H14FN3O. The Kier molecular flexibility index (Phi) is 2.92. The summed E-state index contributed by atoms with van der Waals surface area (Å²) in [6, 6.07) is 11.9. The zero-order chi connectivity index (χ0) is 15.1. The van der Waals surface area contributed by atoms with Gasteiger partial charge in [-0.3, -0.25) is 4.79 Å². The molecule has 1 aromatic carbocycles. The molecule has 0 N–H and O–H groups in total. The van der Waals surface area contributed by atoms with E-state index in [-0.39, 0.29) is 11.5 Å². The van der Waals surface area contributed by atoms with Gasteiger partial charge in [-0.15, -0.1) is 0 Å². The number of pyridine rings is 1. The molecule has 0 unspecified atom stereocenters. The second-order valence-electron chi connectivity index (χ2n) is 5.39. The van der Waals surface area contributed by atoms with Crippen molar-refractivity contribution >= 4 is 11.6 Å². The van der Waals surface area contributed by atoms with E-state index in [4.69, 9.17) is 0 Å². The largest absolute Gasteiger partial charge is 0.332 e. The molecule has 0 saturated carbocycles. The van der Waals surface area contributed by atoms with Gasteiger partial charge in [0.25, 0.3) is 5.91 Å². The molecule has 0 bridgehead atoms. The van der Waals surface area contributed by atoms with E-state index in [0.29, 0.717) is 19.5 Å². The van der Waals surface area contributed by atoms with Gasteiger partial charge >= 0.3 is 0 Å². The summed E-state index contributed by atoms with van der Waals surface area (Å²) < 4.78 is 15.8. The third kappa shape index (κ3) is 1.97. The number of benzene rings is 1. The molecule has 0 fully saturated rings. The monoisotopic (exact) mass is 295 g/mol. The molecule has 0 radical (unpaired) electrons. The fourth-order valence-corrected chi connectivity index (χ4v) is 2.94. The lowest BCUT2D eigenvalue weighted by Crippen LogP contribution is -2.36. The molecule has 110 valence electrons. The average Bonchev–Trinajstić information content (AvgIpc) is 2.92. The molecule has 22 heavy (non-hydrogen) atoms. The van der Waals surface area contributed by atoms with E-state index in [9.17, 15) is 9.18 Å². The smallest absolute Gasteiger partial charge is 0.257 e. The highest BCUT2D eigenvalue weighted by molar-refractivity contribution is 5.94. The first-order valence-corrected chi connectivity index (χ1v) is 7.22. The van der Waals surface area contributed by atoms with Crippen LogP contribution in [0.15, 0.2) is 48.7 Å². The first kappa shape index (κ1) is 13.0. The van der Waals surface area contributed by atoms with Crippen LogP contribution in [0.3, 0.4) is 0 Å². The fraction of sp³-hybridized carbons (Fsp3) is 0.176. The highest BCUT2D eigenvalue weighted by Gasteiger charge is 2.26. The normalized spacial score (nSPS) is 14.1. The lowest BCUT2D eigenvalue weighted by Gasteiger charge is -2.27. The van der Waals surface area contributed by atoms with Crippen molar-refractivity contribution in [2.75, 3.05) is 6.54 Å². The van der Waals surface area contributed by atoms with E-state index in [1.165, 1.54) is 12.1 Å². The van der Waals surface area contributed by atoms with Gasteiger partial charge in [0, 0.05) is 19.2 Å². The van der Waals surface area contributed by atoms with E-state index in [1.54, 1.807) is 17.0 Å². The highest BCUT2D eigenvalue weighted by Crippen LogP contribution is 2.22. The number of nitrogens with zero attached hydrogens (tertiary/aromatic N) is 3. The first-order chi connectivity index (χ1) is 10.7. The summed E-state index contributed by atoms with van der Waals surface area (Å²) in [5.41, 5.74) is 3.03. The average molecular weight is 295 g/mol. The molecule has 0 aliphatic carbocycles. The Labute approximate surface area is 126 Å². The van der Waals surface area contributed by atoms with Crippen LogP contribution in [-0.4, -0.2) is 26.7 Å². The number of halogens is 1. The molecule has 1 aliphatic rings. The zero-order valence-electron chi connectivity index (χ0n) is 11.9. The Morgan fingerprint density at radius 3 is 2.82 bits per heavy atom. The summed E-state index contributed by atoms with van der Waals surface area (Å²) in [7, 11) is 0. The third-order valence-electron chi connectivity index (χ3n) is 4.06. The first-order valence-electron chi connectivity index (χ1n) is 7.22. The molecule has 1 amide bonds. The SMILES string of the molecule is O=C(c1ccccc1F)N1CCc2nc3ccccn3c2C1. The van der Waals surface area contributed by atoms with Gasteiger partial charge in [0.05, 0.1) is 23.5 Å². The molecule has 5 heteroatoms. The van der Waals surface area contributed by atoms with E-state index >= 15 is 0 Å². The van der Waals surface area contributed by atoms with Crippen LogP contribution in [0.1, 0.15) is 21.7 Å². The standard InChI is InChI=1S/C17H14FN3O/c18-13-6-2-1-5-12(13)17(22)20-10-8-14-15(11-20)21-9-4-3-7-16(21)19-14/h1-7,9H,8,10-11H2. The quantitative estimate of drug-likeness (QED) is 0.692. The van der Waals surface area contributed by atoms with E-state index in [1.807, 2.05) is 28.8 Å². The topological polar surface area (TPSA) is 37.6 Å². The van der Waals surface area contributed by atoms with Crippen LogP contribution in [0, 0.1) is 5.82 Å². The minimum absolute atomic E-state index is 0.125. The summed E-state index contributed by atoms with van der Waals surface area (Å²) in [6.07, 6.45) is 2.63. The van der Waals surface area contributed by atoms with Crippen molar-refractivity contribution in [1.82, 2.24) is 14.3 Å². The van der Waals surface area contributed by atoms with Gasteiger partial charge in [0.1, 0.15) is 11.5 Å². The van der Waals surface area contributed by atoms with Crippen LogP contribution in [0.4, 0.5) is 4.39 Å². The van der Waals surface area contributed by atoms with Crippen molar-refractivity contribution in [2.45, 2.75) is 13.0 Å². The highest BCUT2D eigenvalue weighted by atomic mass is 19.1. The molecule has 0 atom stereocenters. The van der Waals surface area contributed by atoms with Crippen LogP contribution in [0.5, 0.6) is 0 Å². The number of rotatable bonds is 1. The number of carbonyl (C=O) groups excluding carboxylic acids is 1. The maximum Gasteiger partial charge on any atom is 0.257 e. The van der Waals surface area contributed by atoms with Gasteiger partial charge in [0.15, 0.2) is 0 Å². The van der Waals surface area contributed by atoms with E-state index in [2.05, 4.69) is 4.98 Å². The number of hydrogen-bond donors (Lipinski definition) is 0. The Balaban J connectivity index is 1.70. The number of amides is 1. The zero-order valence-corrected chi connectivity index (χ0v) is 11.9. The van der Waals surface area contributed by atoms with Gasteiger partial charge < -0.3 is 9.30 Å². The second kappa shape index (κ2) is 4.94. The second-order valence-corrected chi connectivity index (χ2v) is 5.39. The molecule has 1 aliphatic heterocycles. The Morgan fingerprint density at radius 1 is 1.14 bits per heavy atom. The lowest BCUT2D eigenvalue weighted by molar-refractivity contribution is 0.0726. The summed E-state index contributed by atoms with van der Waals surface area (Å²) in [4.78, 5) is 18.8. The van der Waals surface area contributed by atoms with Crippen molar-refractivity contribution in [2.24, 2.45) is 0 Å². The molecule has 0 spiro atoms. The van der Waals surface area contributed by atoms with Gasteiger partial charge in [-0.1, -0.05) is 18.2 Å². The summed E-state index contributed by atoms with van der Waals surface area (Å²) in [5, 5.41) is 0. The van der Waals surface area contributed by atoms with Gasteiger partial charge in [-0.2, -0.15) is 0 Å². The van der Waals surface area contributed by atoms with Gasteiger partial charge in [-0.05, 0) is 24.3 Å². The third-order valence-corrected chi connectivity index (χ3v) is 4.06. The van der Waals surface area contributed by atoms with Gasteiger partial charge in [0.2, 0.25) is 0 Å². The van der Waals surface area contributed by atoms with Crippen LogP contribution in [0.25, 0.3) is 5.65 Å². The summed E-state index contributed by atoms with van der Waals surface area (Å²) in [5.74, 6) is -0.744. The van der Waals surface area contributed by atoms with Crippen molar-refractivity contribution in [3.8, 4) is 0 Å². The van der Waals surface area contributed by atoms with Gasteiger partial charge in [-0.25, -0.2) is 9.37 Å². The molecule has 4 nitrogen and oxygen atoms in total. The van der Waals surface area contributed by atoms with Crippen LogP contribution >= 0.6 is 0 Å². The van der Waals surface area contributed by atoms with E-state index in [0.717, 1.165) is 17.0 Å². The Bertz CT molecular complexity index is 871. The predicted octanol–water partition coefficient (Wildman–Crippen LogP) is 2.67. The molecule has 4 rings (SSSR count). The molecule has 0 saturated heterocycles. The number of imidazole rings is 1. The van der Waals surface area contributed by atoms with Crippen LogP contribution in [0.2, 0.25) is 0 Å². The number of hydrogen-bond acceptors (Lipinski definition) is 2. The Hall–Kier alpha value is -2.69. The molecular weight excluding hydrogens is 281 g/mol. The molecule has 2 aromatic heterocycles. The fourth-order valence-electron chi connectivity index (χ4n) is 2.94. The Morgan fingerprint density at radius 2 is 1.95 bits per heavy atom. The van der Waals surface area contributed by atoms with Crippen LogP contribution < -0.4 is 0 Å². The maximum atomic E-state index is 13.8. The van der Waals surface area contributed by atoms with E-state index < -0.39 is 5.82 Å². The summed E-state index contributed by atoms with van der Waals surface area (Å²) >= 11 is 0. The number of fused-ring (bicyclic) bond motifs is 3. The predicted molar refractivity (Wildman–Crippen MR) is 80.0 cm³/mol. The number of carbonyl (C=O) groups is 1. The maximum absolute atomic E-state index is 13.8. The lowest BCUT2D eigenvalue weighted by atomic mass is 10.1. The minimum Gasteiger partial charge on any atom is -0.332 e. The van der Waals surface area contributed by atoms with Crippen molar-refractivity contribution in [3.63, 3.8) is 0 Å². The van der Waals surface area contributed by atoms with Crippen LogP contribution in [-0.2, 0) is 13.0 Å². The summed E-state index contributed by atoms with van der Waals surface area (Å²) in [6.45, 7) is 1.01. The minimum atomic E-state index is -0.476. The molecule has 3 heterocycles. The molecule has 3 aromatic rings.